The fourth-order valence-electron chi connectivity index (χ4n) is 8.71. The SMILES string of the molecule is CC/C=C\C/C=C\C/C=C\C/C=C\C/C=C\C/C=C\C/C=C\C/C=C\C/C=C\CCCCCCCC(=O)OC(COC(=O)CCCCCCCCCCCCC/C=C\CCCCCCCCCC)COC(OCC[N+](C)(C)C)C(=O)O. The van der Waals surface area contributed by atoms with Gasteiger partial charge >= 0.3 is 17.9 Å². The zero-order chi connectivity index (χ0) is 59.1. The summed E-state index contributed by atoms with van der Waals surface area (Å²) < 4.78 is 22.9. The van der Waals surface area contributed by atoms with Crippen molar-refractivity contribution in [2.24, 2.45) is 0 Å². The van der Waals surface area contributed by atoms with Crippen LogP contribution in [0, 0.1) is 0 Å². The standard InChI is InChI=1S/C72H121NO8/c1-6-8-10-12-14-16-18-20-22-24-26-28-30-31-32-33-34-35-36-37-38-39-41-43-45-47-49-51-53-55-57-59-61-63-70(75)81-68(67-80-72(71(76)77)78-65-64-73(3,4)5)66-79-69(74)62-60-58-56-54-52-50-48-46-44-42-40-29-27-25-23-21-19-17-15-13-11-9-7-2/h8,10,14,16,20,22,25-28,31-32,34-35,37-38,41,43,47,49,68,72H,6-7,9,11-13,15,17-19,21,23-24,29-30,33,36,39-40,42,44-46,48,50-67H2,1-5H3/p+1/b10-8-,16-14-,22-20-,27-25-,28-26-,32-31-,35-34-,38-37-,43-41-,49-47-. The quantitative estimate of drug-likeness (QED) is 0.0211. The van der Waals surface area contributed by atoms with Crippen molar-refractivity contribution in [1.82, 2.24) is 0 Å². The minimum absolute atomic E-state index is 0.178. The Morgan fingerprint density at radius 2 is 0.704 bits per heavy atom. The number of carbonyl (C=O) groups is 3. The molecule has 0 heterocycles. The summed E-state index contributed by atoms with van der Waals surface area (Å²) in [5.41, 5.74) is 0. The van der Waals surface area contributed by atoms with Gasteiger partial charge in [0, 0.05) is 12.8 Å². The Balaban J connectivity index is 4.27. The van der Waals surface area contributed by atoms with Crippen LogP contribution in [-0.2, 0) is 33.3 Å². The molecule has 81 heavy (non-hydrogen) atoms. The van der Waals surface area contributed by atoms with Gasteiger partial charge in [0.1, 0.15) is 13.2 Å². The Labute approximate surface area is 497 Å². The second-order valence-corrected chi connectivity index (χ2v) is 22.7. The van der Waals surface area contributed by atoms with Gasteiger partial charge in [-0.2, -0.15) is 0 Å². The molecule has 2 atom stereocenters. The Morgan fingerprint density at radius 3 is 1.06 bits per heavy atom. The lowest BCUT2D eigenvalue weighted by Crippen LogP contribution is -2.40. The van der Waals surface area contributed by atoms with E-state index < -0.39 is 24.3 Å². The molecule has 0 rings (SSSR count). The largest absolute Gasteiger partial charge is 0.477 e. The maximum atomic E-state index is 12.9. The molecule has 0 spiro atoms. The van der Waals surface area contributed by atoms with Crippen LogP contribution in [-0.4, -0.2) is 87.4 Å². The Hall–Kier alpha value is -4.31. The summed E-state index contributed by atoms with van der Waals surface area (Å²) >= 11 is 0. The van der Waals surface area contributed by atoms with Crippen LogP contribution in [0.3, 0.4) is 0 Å². The highest BCUT2D eigenvalue weighted by Gasteiger charge is 2.25. The van der Waals surface area contributed by atoms with Crippen molar-refractivity contribution < 1.29 is 42.9 Å². The second kappa shape index (κ2) is 61.8. The summed E-state index contributed by atoms with van der Waals surface area (Å²) in [4.78, 5) is 37.5. The number of hydrogen-bond acceptors (Lipinski definition) is 7. The average molecular weight is 1130 g/mol. The molecule has 0 fully saturated rings. The van der Waals surface area contributed by atoms with Crippen LogP contribution in [0.4, 0.5) is 0 Å². The van der Waals surface area contributed by atoms with E-state index in [0.717, 1.165) is 109 Å². The van der Waals surface area contributed by atoms with Gasteiger partial charge in [-0.15, -0.1) is 0 Å². The van der Waals surface area contributed by atoms with Crippen LogP contribution in [0.2, 0.25) is 0 Å². The van der Waals surface area contributed by atoms with Gasteiger partial charge in [-0.05, 0) is 109 Å². The molecule has 9 heteroatoms. The first-order valence-corrected chi connectivity index (χ1v) is 32.7. The summed E-state index contributed by atoms with van der Waals surface area (Å²) in [7, 11) is 5.96. The number of ether oxygens (including phenoxy) is 4. The fraction of sp³-hybridized carbons (Fsp3) is 0.681. The number of carboxylic acid groups (broad SMARTS) is 1. The fourth-order valence-corrected chi connectivity index (χ4v) is 8.71. The van der Waals surface area contributed by atoms with Crippen LogP contribution >= 0.6 is 0 Å². The number of esters is 2. The second-order valence-electron chi connectivity index (χ2n) is 22.7. The van der Waals surface area contributed by atoms with Crippen molar-refractivity contribution in [1.29, 1.82) is 0 Å². The molecule has 0 saturated carbocycles. The molecule has 0 aromatic heterocycles. The smallest absolute Gasteiger partial charge is 0.361 e. The number of carbonyl (C=O) groups excluding carboxylic acids is 2. The number of quaternary nitrogens is 1. The molecule has 0 amide bonds. The number of aliphatic carboxylic acids is 1. The van der Waals surface area contributed by atoms with E-state index in [1.165, 1.54) is 116 Å². The first kappa shape index (κ1) is 76.7. The zero-order valence-corrected chi connectivity index (χ0v) is 52.7. The van der Waals surface area contributed by atoms with E-state index in [-0.39, 0.29) is 32.2 Å². The van der Waals surface area contributed by atoms with Crippen LogP contribution in [0.1, 0.15) is 258 Å². The highest BCUT2D eigenvalue weighted by atomic mass is 16.7. The van der Waals surface area contributed by atoms with Crippen molar-refractivity contribution in [2.75, 3.05) is 47.5 Å². The van der Waals surface area contributed by atoms with Gasteiger partial charge in [0.25, 0.3) is 6.29 Å². The Bertz CT molecular complexity index is 1740. The van der Waals surface area contributed by atoms with E-state index >= 15 is 0 Å². The number of rotatable bonds is 59. The van der Waals surface area contributed by atoms with Crippen molar-refractivity contribution in [2.45, 2.75) is 270 Å². The molecule has 0 bridgehead atoms. The first-order chi connectivity index (χ1) is 39.6. The van der Waals surface area contributed by atoms with E-state index in [4.69, 9.17) is 18.9 Å². The first-order valence-electron chi connectivity index (χ1n) is 32.7. The highest BCUT2D eigenvalue weighted by Crippen LogP contribution is 2.16. The molecule has 0 radical (unpaired) electrons. The summed E-state index contributed by atoms with van der Waals surface area (Å²) in [5.74, 6) is -2.04. The van der Waals surface area contributed by atoms with E-state index in [0.29, 0.717) is 23.9 Å². The van der Waals surface area contributed by atoms with Gasteiger partial charge < -0.3 is 28.5 Å². The molecule has 0 aromatic carbocycles. The minimum atomic E-state index is -1.52. The van der Waals surface area contributed by atoms with Gasteiger partial charge in [0.05, 0.1) is 34.4 Å². The van der Waals surface area contributed by atoms with Crippen LogP contribution < -0.4 is 0 Å². The predicted molar refractivity (Wildman–Crippen MR) is 345 cm³/mol. The summed E-state index contributed by atoms with van der Waals surface area (Å²) in [5, 5.41) is 9.73. The maximum absolute atomic E-state index is 12.9. The zero-order valence-electron chi connectivity index (χ0n) is 52.7. The lowest BCUT2D eigenvalue weighted by molar-refractivity contribution is -0.870. The lowest BCUT2D eigenvalue weighted by atomic mass is 10.0. The van der Waals surface area contributed by atoms with Gasteiger partial charge in [-0.1, -0.05) is 257 Å². The monoisotopic (exact) mass is 1130 g/mol. The van der Waals surface area contributed by atoms with E-state index in [2.05, 4.69) is 135 Å². The number of unbranched alkanes of at least 4 members (excludes halogenated alkanes) is 24. The Morgan fingerprint density at radius 1 is 0.383 bits per heavy atom. The predicted octanol–water partition coefficient (Wildman–Crippen LogP) is 20.0. The van der Waals surface area contributed by atoms with Gasteiger partial charge in [-0.25, -0.2) is 4.79 Å². The molecule has 0 aliphatic heterocycles. The van der Waals surface area contributed by atoms with Crippen molar-refractivity contribution >= 4 is 17.9 Å². The van der Waals surface area contributed by atoms with Gasteiger partial charge in [0.15, 0.2) is 6.10 Å². The summed E-state index contributed by atoms with van der Waals surface area (Å²) in [6.45, 7) is 4.74. The number of hydrogen-bond donors (Lipinski definition) is 1. The topological polar surface area (TPSA) is 108 Å². The third kappa shape index (κ3) is 63.1. The molecule has 0 saturated heterocycles. The van der Waals surface area contributed by atoms with Crippen molar-refractivity contribution in [3.05, 3.63) is 122 Å². The number of carboxylic acids is 1. The summed E-state index contributed by atoms with van der Waals surface area (Å²) in [6, 6.07) is 0. The van der Waals surface area contributed by atoms with Crippen molar-refractivity contribution in [3.8, 4) is 0 Å². The van der Waals surface area contributed by atoms with Crippen molar-refractivity contribution in [3.63, 3.8) is 0 Å². The van der Waals surface area contributed by atoms with Gasteiger partial charge in [-0.3, -0.25) is 9.59 Å². The number of allylic oxidation sites excluding steroid dienone is 20. The van der Waals surface area contributed by atoms with Gasteiger partial charge in [0.2, 0.25) is 0 Å². The van der Waals surface area contributed by atoms with Crippen LogP contribution in [0.25, 0.3) is 0 Å². The molecule has 0 aromatic rings. The third-order valence-electron chi connectivity index (χ3n) is 13.7. The molecule has 462 valence electrons. The number of nitrogens with zero attached hydrogens (tertiary/aromatic N) is 1. The Kier molecular flexibility index (Phi) is 58.5. The molecule has 0 aliphatic rings. The molecular formula is C72H122NO8+. The molecule has 0 aliphatic carbocycles. The summed E-state index contributed by atoms with van der Waals surface area (Å²) in [6.07, 6.45) is 84.3. The van der Waals surface area contributed by atoms with E-state index in [9.17, 15) is 19.5 Å². The minimum Gasteiger partial charge on any atom is -0.477 e. The maximum Gasteiger partial charge on any atom is 0.361 e. The van der Waals surface area contributed by atoms with E-state index in [1.807, 2.05) is 21.1 Å². The molecule has 1 N–H and O–H groups in total. The average Bonchev–Trinajstić information content (AvgIpc) is 3.44. The highest BCUT2D eigenvalue weighted by molar-refractivity contribution is 5.71. The molecule has 2 unspecified atom stereocenters. The number of likely N-dealkylation sites (N-methyl/N-ethyl adjacent to an activating group) is 1. The molecular weight excluding hydrogens is 1010 g/mol. The van der Waals surface area contributed by atoms with E-state index in [1.54, 1.807) is 0 Å². The van der Waals surface area contributed by atoms with Crippen LogP contribution in [0.5, 0.6) is 0 Å². The molecule has 9 nitrogen and oxygen atoms in total. The normalized spacial score (nSPS) is 13.5. The lowest BCUT2D eigenvalue weighted by Gasteiger charge is -2.25. The van der Waals surface area contributed by atoms with Crippen LogP contribution in [0.15, 0.2) is 122 Å². The third-order valence-corrected chi connectivity index (χ3v) is 13.7.